The first-order valence-electron chi connectivity index (χ1n) is 10.2. The molecule has 8 heteroatoms. The summed E-state index contributed by atoms with van der Waals surface area (Å²) in [4.78, 5) is 8.84. The van der Waals surface area contributed by atoms with Crippen molar-refractivity contribution in [2.45, 2.75) is 39.5 Å². The van der Waals surface area contributed by atoms with Crippen molar-refractivity contribution in [3.05, 3.63) is 24.4 Å². The molecule has 0 aliphatic rings. The minimum absolute atomic E-state index is 0. The zero-order valence-electron chi connectivity index (χ0n) is 17.4. The van der Waals surface area contributed by atoms with Crippen LogP contribution in [0.2, 0.25) is 0 Å². The van der Waals surface area contributed by atoms with E-state index in [-0.39, 0.29) is 24.0 Å². The minimum Gasteiger partial charge on any atom is -0.379 e. The molecular formula is C20H38IN5O2. The van der Waals surface area contributed by atoms with E-state index in [0.29, 0.717) is 19.8 Å². The number of pyridine rings is 1. The summed E-state index contributed by atoms with van der Waals surface area (Å²) < 4.78 is 11.0. The lowest BCUT2D eigenvalue weighted by molar-refractivity contribution is 0.0487. The molecule has 0 radical (unpaired) electrons. The molecule has 0 bridgehead atoms. The molecule has 0 spiro atoms. The molecule has 0 aliphatic carbocycles. The number of ether oxygens (including phenoxy) is 2. The maximum absolute atomic E-state index is 5.56. The lowest BCUT2D eigenvalue weighted by atomic mass is 10.3. The van der Waals surface area contributed by atoms with Crippen LogP contribution in [-0.4, -0.2) is 63.6 Å². The number of unbranched alkanes of at least 4 members (excludes halogenated alkanes) is 2. The Balaban J connectivity index is 0.00000729. The summed E-state index contributed by atoms with van der Waals surface area (Å²) in [6.45, 7) is 10.3. The molecule has 1 aromatic heterocycles. The fraction of sp³-hybridized carbons (Fsp3) is 0.700. The van der Waals surface area contributed by atoms with E-state index in [1.165, 1.54) is 0 Å². The Labute approximate surface area is 187 Å². The third-order valence-corrected chi connectivity index (χ3v) is 3.72. The fourth-order valence-corrected chi connectivity index (χ4v) is 2.26. The number of rotatable bonds is 16. The van der Waals surface area contributed by atoms with Gasteiger partial charge >= 0.3 is 0 Å². The van der Waals surface area contributed by atoms with Crippen molar-refractivity contribution in [2.75, 3.05) is 57.9 Å². The topological polar surface area (TPSA) is 79.8 Å². The molecule has 28 heavy (non-hydrogen) atoms. The Morgan fingerprint density at radius 2 is 1.79 bits per heavy atom. The summed E-state index contributed by atoms with van der Waals surface area (Å²) >= 11 is 0. The molecule has 0 unspecified atom stereocenters. The minimum atomic E-state index is 0. The van der Waals surface area contributed by atoms with Gasteiger partial charge < -0.3 is 25.4 Å². The van der Waals surface area contributed by atoms with E-state index in [1.54, 1.807) is 6.20 Å². The number of halogens is 1. The second-order valence-corrected chi connectivity index (χ2v) is 6.11. The molecular weight excluding hydrogens is 469 g/mol. The summed E-state index contributed by atoms with van der Waals surface area (Å²) in [7, 11) is 0. The van der Waals surface area contributed by atoms with Gasteiger partial charge in [0.2, 0.25) is 0 Å². The summed E-state index contributed by atoms with van der Waals surface area (Å²) in [5.41, 5.74) is 0. The van der Waals surface area contributed by atoms with Gasteiger partial charge in [0, 0.05) is 39.0 Å². The van der Waals surface area contributed by atoms with Gasteiger partial charge in [-0.15, -0.1) is 24.0 Å². The van der Waals surface area contributed by atoms with Gasteiger partial charge in [0.1, 0.15) is 5.82 Å². The molecule has 0 aromatic carbocycles. The number of hydrogen-bond acceptors (Lipinski definition) is 5. The predicted molar refractivity (Wildman–Crippen MR) is 128 cm³/mol. The Bertz CT molecular complexity index is 477. The molecule has 0 fully saturated rings. The quantitative estimate of drug-likeness (QED) is 0.138. The smallest absolute Gasteiger partial charge is 0.191 e. The number of nitrogens with zero attached hydrogens (tertiary/aromatic N) is 2. The van der Waals surface area contributed by atoms with E-state index in [4.69, 9.17) is 9.47 Å². The van der Waals surface area contributed by atoms with Gasteiger partial charge in [-0.05, 0) is 38.3 Å². The highest BCUT2D eigenvalue weighted by atomic mass is 127. The standard InChI is InChI=1S/C20H37N5O2.HI/c1-3-5-15-26-17-18-27-16-14-25-20(21-4-2)24-13-9-8-12-23-19-10-6-7-11-22-19;/h6-7,10-11H,3-5,8-9,12-18H2,1-2H3,(H,22,23)(H2,21,24,25);1H. The van der Waals surface area contributed by atoms with Crippen molar-refractivity contribution >= 4 is 35.8 Å². The van der Waals surface area contributed by atoms with Crippen molar-refractivity contribution in [2.24, 2.45) is 4.99 Å². The molecule has 162 valence electrons. The van der Waals surface area contributed by atoms with Crippen LogP contribution in [-0.2, 0) is 9.47 Å². The van der Waals surface area contributed by atoms with Crippen molar-refractivity contribution in [3.8, 4) is 0 Å². The number of aromatic nitrogens is 1. The van der Waals surface area contributed by atoms with E-state index >= 15 is 0 Å². The normalized spacial score (nSPS) is 11.0. The van der Waals surface area contributed by atoms with Crippen LogP contribution in [0.15, 0.2) is 29.4 Å². The SMILES string of the molecule is CCCCOCCOCCNC(=NCCCCNc1ccccn1)NCC.I. The summed E-state index contributed by atoms with van der Waals surface area (Å²) in [5.74, 6) is 1.77. The zero-order valence-corrected chi connectivity index (χ0v) is 19.7. The lowest BCUT2D eigenvalue weighted by Gasteiger charge is -2.11. The Morgan fingerprint density at radius 1 is 0.964 bits per heavy atom. The molecule has 0 saturated heterocycles. The summed E-state index contributed by atoms with van der Waals surface area (Å²) in [6.07, 6.45) is 6.16. The molecule has 1 heterocycles. The molecule has 1 rings (SSSR count). The van der Waals surface area contributed by atoms with Crippen LogP contribution in [0, 0.1) is 0 Å². The Hall–Kier alpha value is -1.13. The maximum Gasteiger partial charge on any atom is 0.191 e. The Kier molecular flexibility index (Phi) is 19.8. The molecule has 0 atom stereocenters. The second-order valence-electron chi connectivity index (χ2n) is 6.11. The first-order valence-corrected chi connectivity index (χ1v) is 10.2. The molecule has 0 saturated carbocycles. The first kappa shape index (κ1) is 26.9. The van der Waals surface area contributed by atoms with Crippen molar-refractivity contribution in [1.82, 2.24) is 15.6 Å². The van der Waals surface area contributed by atoms with Crippen molar-refractivity contribution in [3.63, 3.8) is 0 Å². The van der Waals surface area contributed by atoms with Crippen LogP contribution in [0.25, 0.3) is 0 Å². The van der Waals surface area contributed by atoms with Gasteiger partial charge in [-0.3, -0.25) is 4.99 Å². The third-order valence-electron chi connectivity index (χ3n) is 3.72. The predicted octanol–water partition coefficient (Wildman–Crippen LogP) is 3.28. The summed E-state index contributed by atoms with van der Waals surface area (Å²) in [6, 6.07) is 5.88. The maximum atomic E-state index is 5.56. The van der Waals surface area contributed by atoms with Crippen LogP contribution in [0.4, 0.5) is 5.82 Å². The van der Waals surface area contributed by atoms with Crippen LogP contribution >= 0.6 is 24.0 Å². The number of nitrogens with one attached hydrogen (secondary N) is 3. The van der Waals surface area contributed by atoms with Crippen LogP contribution in [0.3, 0.4) is 0 Å². The first-order chi connectivity index (χ1) is 13.4. The van der Waals surface area contributed by atoms with Crippen LogP contribution in [0.1, 0.15) is 39.5 Å². The lowest BCUT2D eigenvalue weighted by Crippen LogP contribution is -2.39. The highest BCUT2D eigenvalue weighted by Crippen LogP contribution is 2.00. The van der Waals surface area contributed by atoms with Crippen LogP contribution < -0.4 is 16.0 Å². The zero-order chi connectivity index (χ0) is 19.4. The molecule has 0 amide bonds. The molecule has 3 N–H and O–H groups in total. The van der Waals surface area contributed by atoms with Crippen molar-refractivity contribution < 1.29 is 9.47 Å². The highest BCUT2D eigenvalue weighted by molar-refractivity contribution is 14.0. The van der Waals surface area contributed by atoms with Gasteiger partial charge in [-0.1, -0.05) is 19.4 Å². The molecule has 1 aromatic rings. The highest BCUT2D eigenvalue weighted by Gasteiger charge is 1.97. The van der Waals surface area contributed by atoms with Gasteiger partial charge in [-0.2, -0.15) is 0 Å². The third kappa shape index (κ3) is 15.9. The van der Waals surface area contributed by atoms with E-state index in [0.717, 1.165) is 70.2 Å². The number of hydrogen-bond donors (Lipinski definition) is 3. The second kappa shape index (κ2) is 20.6. The fourth-order valence-electron chi connectivity index (χ4n) is 2.26. The number of aliphatic imine (C=N–C) groups is 1. The van der Waals surface area contributed by atoms with E-state index in [1.807, 2.05) is 18.2 Å². The summed E-state index contributed by atoms with van der Waals surface area (Å²) in [5, 5.41) is 9.86. The van der Waals surface area contributed by atoms with Crippen molar-refractivity contribution in [1.29, 1.82) is 0 Å². The van der Waals surface area contributed by atoms with Gasteiger partial charge in [0.05, 0.1) is 19.8 Å². The average molecular weight is 507 g/mol. The van der Waals surface area contributed by atoms with Gasteiger partial charge in [-0.25, -0.2) is 4.98 Å². The van der Waals surface area contributed by atoms with Gasteiger partial charge in [0.25, 0.3) is 0 Å². The average Bonchev–Trinajstić information content (AvgIpc) is 2.70. The van der Waals surface area contributed by atoms with E-state index in [2.05, 4.69) is 39.8 Å². The van der Waals surface area contributed by atoms with Crippen LogP contribution in [0.5, 0.6) is 0 Å². The monoisotopic (exact) mass is 507 g/mol. The molecule has 7 nitrogen and oxygen atoms in total. The number of anilines is 1. The Morgan fingerprint density at radius 3 is 2.50 bits per heavy atom. The van der Waals surface area contributed by atoms with E-state index in [9.17, 15) is 0 Å². The largest absolute Gasteiger partial charge is 0.379 e. The molecule has 0 aliphatic heterocycles. The van der Waals surface area contributed by atoms with Gasteiger partial charge in [0.15, 0.2) is 5.96 Å². The van der Waals surface area contributed by atoms with E-state index < -0.39 is 0 Å². The number of guanidine groups is 1.